The van der Waals surface area contributed by atoms with Crippen LogP contribution in [0.5, 0.6) is 5.75 Å². The Morgan fingerprint density at radius 2 is 2.09 bits per heavy atom. The minimum atomic E-state index is 0.0898. The number of carbonyl (C=O) groups excluding carboxylic acids is 1. The number of amides is 1. The summed E-state index contributed by atoms with van der Waals surface area (Å²) < 4.78 is 10.4. The lowest BCUT2D eigenvalue weighted by molar-refractivity contribution is -0.131. The molecule has 1 aromatic heterocycles. The molecule has 1 unspecified atom stereocenters. The average Bonchev–Trinajstić information content (AvgIpc) is 3.14. The molecular formula is C18H22N2O3. The number of carbonyl (C=O) groups is 1. The van der Waals surface area contributed by atoms with Gasteiger partial charge in [0.1, 0.15) is 11.5 Å². The Morgan fingerprint density at radius 3 is 2.70 bits per heavy atom. The van der Waals surface area contributed by atoms with Crippen LogP contribution in [0.15, 0.2) is 28.8 Å². The highest BCUT2D eigenvalue weighted by molar-refractivity contribution is 5.79. The first-order valence-electron chi connectivity index (χ1n) is 7.95. The van der Waals surface area contributed by atoms with Crippen molar-refractivity contribution >= 4 is 5.91 Å². The summed E-state index contributed by atoms with van der Waals surface area (Å²) in [4.78, 5) is 14.7. The summed E-state index contributed by atoms with van der Waals surface area (Å²) in [7, 11) is 1.64. The highest BCUT2D eigenvalue weighted by atomic mass is 16.5. The number of hydrogen-bond donors (Lipinski definition) is 0. The molecule has 23 heavy (non-hydrogen) atoms. The number of aromatic nitrogens is 1. The summed E-state index contributed by atoms with van der Waals surface area (Å²) in [5.41, 5.74) is 2.96. The fraction of sp³-hybridized carbons (Fsp3) is 0.444. The Bertz CT molecular complexity index is 671. The Labute approximate surface area is 136 Å². The summed E-state index contributed by atoms with van der Waals surface area (Å²) in [6, 6.07) is 7.75. The Balaban J connectivity index is 1.75. The second kappa shape index (κ2) is 6.44. The summed E-state index contributed by atoms with van der Waals surface area (Å²) in [6.07, 6.45) is 2.39. The predicted octanol–water partition coefficient (Wildman–Crippen LogP) is 3.21. The van der Waals surface area contributed by atoms with Crippen LogP contribution >= 0.6 is 0 Å². The molecule has 122 valence electrons. The number of rotatable bonds is 4. The molecule has 0 spiro atoms. The van der Waals surface area contributed by atoms with Crippen molar-refractivity contribution in [1.82, 2.24) is 10.1 Å². The predicted molar refractivity (Wildman–Crippen MR) is 86.4 cm³/mol. The van der Waals surface area contributed by atoms with Gasteiger partial charge < -0.3 is 14.2 Å². The van der Waals surface area contributed by atoms with Crippen molar-refractivity contribution in [3.63, 3.8) is 0 Å². The first kappa shape index (κ1) is 15.6. The highest BCUT2D eigenvalue weighted by Gasteiger charge is 2.33. The lowest BCUT2D eigenvalue weighted by Crippen LogP contribution is -2.32. The van der Waals surface area contributed by atoms with E-state index in [1.807, 2.05) is 43.0 Å². The van der Waals surface area contributed by atoms with Crippen molar-refractivity contribution in [2.24, 2.45) is 0 Å². The molecule has 0 N–H and O–H groups in total. The van der Waals surface area contributed by atoms with Gasteiger partial charge >= 0.3 is 0 Å². The van der Waals surface area contributed by atoms with Gasteiger partial charge in [0.25, 0.3) is 0 Å². The van der Waals surface area contributed by atoms with Gasteiger partial charge in [0.2, 0.25) is 5.91 Å². The van der Waals surface area contributed by atoms with Crippen LogP contribution in [0.2, 0.25) is 0 Å². The van der Waals surface area contributed by atoms with Crippen molar-refractivity contribution in [3.05, 3.63) is 46.8 Å². The third-order valence-corrected chi connectivity index (χ3v) is 4.51. The molecule has 1 saturated heterocycles. The van der Waals surface area contributed by atoms with Crippen LogP contribution in [0, 0.1) is 13.8 Å². The molecule has 5 nitrogen and oxygen atoms in total. The first-order valence-corrected chi connectivity index (χ1v) is 7.95. The van der Waals surface area contributed by atoms with Gasteiger partial charge in [-0.05, 0) is 44.4 Å². The number of aryl methyl sites for hydroxylation is 2. The van der Waals surface area contributed by atoms with Crippen LogP contribution in [0.1, 0.15) is 41.5 Å². The summed E-state index contributed by atoms with van der Waals surface area (Å²) in [5.74, 6) is 1.77. The number of likely N-dealkylation sites (tertiary alicyclic amines) is 1. The smallest absolute Gasteiger partial charge is 0.227 e. The average molecular weight is 314 g/mol. The largest absolute Gasteiger partial charge is 0.497 e. The van der Waals surface area contributed by atoms with E-state index in [2.05, 4.69) is 5.16 Å². The number of nitrogens with zero attached hydrogens (tertiary/aromatic N) is 2. The number of methoxy groups -OCH3 is 1. The van der Waals surface area contributed by atoms with Gasteiger partial charge in [-0.2, -0.15) is 0 Å². The quantitative estimate of drug-likeness (QED) is 0.869. The van der Waals surface area contributed by atoms with E-state index in [9.17, 15) is 4.79 Å². The van der Waals surface area contributed by atoms with Gasteiger partial charge in [0.15, 0.2) is 0 Å². The third kappa shape index (κ3) is 3.09. The van der Waals surface area contributed by atoms with E-state index >= 15 is 0 Å². The zero-order valence-electron chi connectivity index (χ0n) is 13.8. The number of ether oxygens (including phenoxy) is 1. The van der Waals surface area contributed by atoms with Gasteiger partial charge in [0, 0.05) is 12.1 Å². The molecule has 1 aliphatic heterocycles. The minimum Gasteiger partial charge on any atom is -0.497 e. The van der Waals surface area contributed by atoms with Gasteiger partial charge in [-0.3, -0.25) is 4.79 Å². The Morgan fingerprint density at radius 1 is 1.35 bits per heavy atom. The normalized spacial score (nSPS) is 17.5. The van der Waals surface area contributed by atoms with Crippen molar-refractivity contribution in [2.75, 3.05) is 13.7 Å². The van der Waals surface area contributed by atoms with E-state index in [-0.39, 0.29) is 11.9 Å². The monoisotopic (exact) mass is 314 g/mol. The van der Waals surface area contributed by atoms with Gasteiger partial charge in [-0.1, -0.05) is 17.3 Å². The molecule has 1 aromatic carbocycles. The molecule has 2 heterocycles. The molecule has 0 aliphatic carbocycles. The fourth-order valence-electron chi connectivity index (χ4n) is 3.35. The molecule has 5 heteroatoms. The van der Waals surface area contributed by atoms with Crippen molar-refractivity contribution < 1.29 is 14.1 Å². The van der Waals surface area contributed by atoms with Gasteiger partial charge in [-0.15, -0.1) is 0 Å². The molecule has 0 radical (unpaired) electrons. The van der Waals surface area contributed by atoms with E-state index < -0.39 is 0 Å². The zero-order valence-corrected chi connectivity index (χ0v) is 13.8. The summed E-state index contributed by atoms with van der Waals surface area (Å²) >= 11 is 0. The van der Waals surface area contributed by atoms with E-state index in [4.69, 9.17) is 9.26 Å². The zero-order chi connectivity index (χ0) is 16.4. The van der Waals surface area contributed by atoms with E-state index in [0.717, 1.165) is 47.7 Å². The number of hydrogen-bond acceptors (Lipinski definition) is 4. The van der Waals surface area contributed by atoms with Crippen LogP contribution in [0.4, 0.5) is 0 Å². The van der Waals surface area contributed by atoms with Crippen LogP contribution < -0.4 is 4.74 Å². The highest BCUT2D eigenvalue weighted by Crippen LogP contribution is 2.35. The summed E-state index contributed by atoms with van der Waals surface area (Å²) in [6.45, 7) is 4.65. The lowest BCUT2D eigenvalue weighted by Gasteiger charge is -2.25. The fourth-order valence-corrected chi connectivity index (χ4v) is 3.35. The molecular weight excluding hydrogens is 292 g/mol. The van der Waals surface area contributed by atoms with Gasteiger partial charge in [-0.25, -0.2) is 0 Å². The van der Waals surface area contributed by atoms with Crippen LogP contribution in [0.3, 0.4) is 0 Å². The molecule has 1 atom stereocenters. The molecule has 1 amide bonds. The third-order valence-electron chi connectivity index (χ3n) is 4.51. The van der Waals surface area contributed by atoms with E-state index in [1.54, 1.807) is 7.11 Å². The van der Waals surface area contributed by atoms with Crippen molar-refractivity contribution in [2.45, 2.75) is 39.2 Å². The molecule has 3 rings (SSSR count). The van der Waals surface area contributed by atoms with Crippen LogP contribution in [-0.4, -0.2) is 29.6 Å². The molecule has 0 bridgehead atoms. The lowest BCUT2D eigenvalue weighted by atomic mass is 10.0. The second-order valence-electron chi connectivity index (χ2n) is 6.01. The van der Waals surface area contributed by atoms with Crippen LogP contribution in [0.25, 0.3) is 0 Å². The van der Waals surface area contributed by atoms with E-state index in [1.165, 1.54) is 0 Å². The molecule has 1 aliphatic rings. The van der Waals surface area contributed by atoms with Crippen LogP contribution in [-0.2, 0) is 11.2 Å². The minimum absolute atomic E-state index is 0.0898. The molecule has 2 aromatic rings. The number of benzene rings is 1. The van der Waals surface area contributed by atoms with Crippen molar-refractivity contribution in [3.8, 4) is 5.75 Å². The maximum absolute atomic E-state index is 12.7. The Kier molecular flexibility index (Phi) is 4.37. The maximum atomic E-state index is 12.7. The first-order chi connectivity index (χ1) is 11.1. The topological polar surface area (TPSA) is 55.6 Å². The van der Waals surface area contributed by atoms with E-state index in [0.29, 0.717) is 6.42 Å². The molecule has 1 fully saturated rings. The standard InChI is InChI=1S/C18H22N2O3/c1-12-18(13(2)23-19-12)16-5-4-10-20(16)17(21)11-14-6-8-15(22-3)9-7-14/h6-9,16H,4-5,10-11H2,1-3H3. The Hall–Kier alpha value is -2.30. The SMILES string of the molecule is COc1ccc(CC(=O)N2CCCC2c2c(C)noc2C)cc1. The second-order valence-corrected chi connectivity index (χ2v) is 6.01. The van der Waals surface area contributed by atoms with Gasteiger partial charge in [0.05, 0.1) is 25.3 Å². The molecule has 0 saturated carbocycles. The maximum Gasteiger partial charge on any atom is 0.227 e. The summed E-state index contributed by atoms with van der Waals surface area (Å²) in [5, 5.41) is 4.03. The van der Waals surface area contributed by atoms with Crippen molar-refractivity contribution in [1.29, 1.82) is 0 Å².